The van der Waals surface area contributed by atoms with E-state index < -0.39 is 10.0 Å². The van der Waals surface area contributed by atoms with Gasteiger partial charge in [-0.15, -0.1) is 0 Å². The molecular weight excluding hydrogens is 438 g/mol. The Hall–Kier alpha value is -3.03. The van der Waals surface area contributed by atoms with Crippen LogP contribution in [0.15, 0.2) is 65.6 Å². The first kappa shape index (κ1) is 22.7. The highest BCUT2D eigenvalue weighted by Gasteiger charge is 2.42. The van der Waals surface area contributed by atoms with Gasteiger partial charge in [-0.05, 0) is 84.5 Å². The van der Waals surface area contributed by atoms with Crippen LogP contribution in [0.4, 0.5) is 5.69 Å². The largest absolute Gasteiger partial charge is 0.266 e. The average molecular weight is 470 g/mol. The third-order valence-electron chi connectivity index (χ3n) is 7.36. The van der Waals surface area contributed by atoms with Crippen LogP contribution in [0.25, 0.3) is 0 Å². The highest BCUT2D eigenvalue weighted by molar-refractivity contribution is 7.92. The van der Waals surface area contributed by atoms with E-state index >= 15 is 0 Å². The first-order valence-electron chi connectivity index (χ1n) is 12.1. The van der Waals surface area contributed by atoms with Crippen LogP contribution in [0.1, 0.15) is 72.9 Å². The normalized spacial score (nSPS) is 18.2. The zero-order valence-corrected chi connectivity index (χ0v) is 21.2. The predicted molar refractivity (Wildman–Crippen MR) is 139 cm³/mol. The molecule has 0 fully saturated rings. The van der Waals surface area contributed by atoms with Crippen molar-refractivity contribution in [3.63, 3.8) is 0 Å². The fraction of sp³-hybridized carbons (Fsp3) is 0.333. The minimum atomic E-state index is -3.64. The van der Waals surface area contributed by atoms with E-state index in [1.165, 1.54) is 11.1 Å². The van der Waals surface area contributed by atoms with Gasteiger partial charge >= 0.3 is 0 Å². The summed E-state index contributed by atoms with van der Waals surface area (Å²) >= 11 is 0. The molecule has 2 aliphatic rings. The molecule has 0 saturated carbocycles. The van der Waals surface area contributed by atoms with E-state index in [1.807, 2.05) is 49.4 Å². The number of rotatable bonds is 3. The van der Waals surface area contributed by atoms with Crippen molar-refractivity contribution in [3.05, 3.63) is 94.0 Å². The standard InChI is InChI=1S/C30H31NO2S/c1-5-23-20-30(3,4)29-26(16-13-22-9-7-6-8-10-22)25-17-18-31(28(25)19-27(23)29)34(32,33)24-14-11-21(2)12-15-24/h6-12,14-15,19,23H,5,17-18,20H2,1-4H3. The molecule has 3 aromatic rings. The number of anilines is 1. The zero-order valence-electron chi connectivity index (χ0n) is 20.4. The average Bonchev–Trinajstić information content (AvgIpc) is 3.37. The fourth-order valence-corrected chi connectivity index (χ4v) is 7.15. The summed E-state index contributed by atoms with van der Waals surface area (Å²) in [4.78, 5) is 0.343. The summed E-state index contributed by atoms with van der Waals surface area (Å²) in [6, 6.07) is 19.3. The minimum absolute atomic E-state index is 0.00892. The SMILES string of the molecule is CCC1CC(C)(C)c2c1cc1c(c2C#Cc2ccccc2)CCN1S(=O)(=O)c1ccc(C)cc1. The molecule has 4 heteroatoms. The van der Waals surface area contributed by atoms with Crippen molar-refractivity contribution < 1.29 is 8.42 Å². The van der Waals surface area contributed by atoms with Crippen LogP contribution in [0.3, 0.4) is 0 Å². The van der Waals surface area contributed by atoms with Crippen molar-refractivity contribution in [2.24, 2.45) is 0 Å². The summed E-state index contributed by atoms with van der Waals surface area (Å²) < 4.78 is 28.9. The van der Waals surface area contributed by atoms with Crippen molar-refractivity contribution in [2.45, 2.75) is 63.2 Å². The van der Waals surface area contributed by atoms with E-state index in [4.69, 9.17) is 0 Å². The van der Waals surface area contributed by atoms with Crippen molar-refractivity contribution in [2.75, 3.05) is 10.8 Å². The van der Waals surface area contributed by atoms with E-state index in [9.17, 15) is 8.42 Å². The van der Waals surface area contributed by atoms with E-state index in [-0.39, 0.29) is 5.41 Å². The maximum atomic E-state index is 13.7. The number of sulfonamides is 1. The van der Waals surface area contributed by atoms with Gasteiger partial charge in [-0.2, -0.15) is 0 Å². The first-order valence-corrected chi connectivity index (χ1v) is 13.5. The van der Waals surface area contributed by atoms with Gasteiger partial charge in [0.15, 0.2) is 0 Å². The smallest absolute Gasteiger partial charge is 0.264 e. The monoisotopic (exact) mass is 469 g/mol. The van der Waals surface area contributed by atoms with Crippen LogP contribution >= 0.6 is 0 Å². The molecule has 1 heterocycles. The molecule has 174 valence electrons. The van der Waals surface area contributed by atoms with Gasteiger partial charge in [-0.1, -0.05) is 68.5 Å². The fourth-order valence-electron chi connectivity index (χ4n) is 5.66. The summed E-state index contributed by atoms with van der Waals surface area (Å²) in [5.74, 6) is 7.29. The summed E-state index contributed by atoms with van der Waals surface area (Å²) in [6.07, 6.45) is 2.78. The Balaban J connectivity index is 1.71. The van der Waals surface area contributed by atoms with Crippen LogP contribution in [0, 0.1) is 18.8 Å². The topological polar surface area (TPSA) is 37.4 Å². The second kappa shape index (κ2) is 8.32. The Morgan fingerprint density at radius 2 is 1.74 bits per heavy atom. The number of hydrogen-bond donors (Lipinski definition) is 0. The quantitative estimate of drug-likeness (QED) is 0.421. The third kappa shape index (κ3) is 3.73. The third-order valence-corrected chi connectivity index (χ3v) is 9.18. The Morgan fingerprint density at radius 1 is 1.03 bits per heavy atom. The molecule has 0 spiro atoms. The lowest BCUT2D eigenvalue weighted by molar-refractivity contribution is 0.468. The summed E-state index contributed by atoms with van der Waals surface area (Å²) in [5, 5.41) is 0. The van der Waals surface area contributed by atoms with E-state index in [0.717, 1.165) is 40.8 Å². The van der Waals surface area contributed by atoms with Crippen molar-refractivity contribution in [1.82, 2.24) is 0 Å². The molecule has 3 aromatic carbocycles. The number of hydrogen-bond acceptors (Lipinski definition) is 2. The Morgan fingerprint density at radius 3 is 2.41 bits per heavy atom. The lowest BCUT2D eigenvalue weighted by Crippen LogP contribution is -2.29. The summed E-state index contributed by atoms with van der Waals surface area (Å²) in [5.41, 5.74) is 7.54. The van der Waals surface area contributed by atoms with Gasteiger partial charge < -0.3 is 0 Å². The number of nitrogens with zero attached hydrogens (tertiary/aromatic N) is 1. The molecule has 0 aromatic heterocycles. The van der Waals surface area contributed by atoms with E-state index in [1.54, 1.807) is 16.4 Å². The maximum absolute atomic E-state index is 13.7. The molecule has 1 aliphatic heterocycles. The van der Waals surface area contributed by atoms with Gasteiger partial charge in [0.1, 0.15) is 0 Å². The van der Waals surface area contributed by atoms with Crippen molar-refractivity contribution >= 4 is 15.7 Å². The van der Waals surface area contributed by atoms with Gasteiger partial charge in [-0.25, -0.2) is 8.42 Å². The Labute approximate surface area is 203 Å². The molecule has 5 rings (SSSR count). The van der Waals surface area contributed by atoms with Crippen LogP contribution < -0.4 is 4.31 Å². The van der Waals surface area contributed by atoms with Gasteiger partial charge in [0.2, 0.25) is 0 Å². The molecule has 1 atom stereocenters. The number of fused-ring (bicyclic) bond motifs is 2. The maximum Gasteiger partial charge on any atom is 0.264 e. The molecule has 1 unspecified atom stereocenters. The van der Waals surface area contributed by atoms with Crippen LogP contribution in [-0.2, 0) is 21.9 Å². The second-order valence-electron chi connectivity index (χ2n) is 10.2. The van der Waals surface area contributed by atoms with Gasteiger partial charge in [0.25, 0.3) is 10.0 Å². The van der Waals surface area contributed by atoms with Crippen molar-refractivity contribution in [3.8, 4) is 11.8 Å². The predicted octanol–water partition coefficient (Wildman–Crippen LogP) is 6.32. The Kier molecular flexibility index (Phi) is 5.57. The van der Waals surface area contributed by atoms with Gasteiger partial charge in [0, 0.05) is 17.7 Å². The van der Waals surface area contributed by atoms with Gasteiger partial charge in [-0.3, -0.25) is 4.31 Å². The molecule has 0 N–H and O–H groups in total. The highest BCUT2D eigenvalue weighted by Crippen LogP contribution is 2.52. The number of aryl methyl sites for hydroxylation is 1. The van der Waals surface area contributed by atoms with Crippen LogP contribution in [0.2, 0.25) is 0 Å². The molecular formula is C30H31NO2S. The lowest BCUT2D eigenvalue weighted by Gasteiger charge is -2.24. The summed E-state index contributed by atoms with van der Waals surface area (Å²) in [6.45, 7) is 9.24. The molecule has 0 saturated heterocycles. The number of benzene rings is 3. The zero-order chi connectivity index (χ0) is 24.1. The molecule has 0 bridgehead atoms. The molecule has 34 heavy (non-hydrogen) atoms. The molecule has 0 radical (unpaired) electrons. The molecule has 3 nitrogen and oxygen atoms in total. The van der Waals surface area contributed by atoms with Crippen LogP contribution in [0.5, 0.6) is 0 Å². The summed E-state index contributed by atoms with van der Waals surface area (Å²) in [7, 11) is -3.64. The molecule has 1 aliphatic carbocycles. The van der Waals surface area contributed by atoms with E-state index in [2.05, 4.69) is 38.7 Å². The Bertz CT molecular complexity index is 1410. The van der Waals surface area contributed by atoms with Crippen LogP contribution in [-0.4, -0.2) is 15.0 Å². The van der Waals surface area contributed by atoms with Crippen molar-refractivity contribution in [1.29, 1.82) is 0 Å². The minimum Gasteiger partial charge on any atom is -0.266 e. The van der Waals surface area contributed by atoms with Gasteiger partial charge in [0.05, 0.1) is 10.6 Å². The lowest BCUT2D eigenvalue weighted by atomic mass is 9.81. The second-order valence-corrected chi connectivity index (χ2v) is 12.0. The first-order chi connectivity index (χ1) is 16.2. The highest BCUT2D eigenvalue weighted by atomic mass is 32.2. The molecule has 0 amide bonds. The van der Waals surface area contributed by atoms with E-state index in [0.29, 0.717) is 23.8 Å².